The minimum absolute atomic E-state index is 0. The summed E-state index contributed by atoms with van der Waals surface area (Å²) in [6.45, 7) is 3.73. The molecule has 3 rings (SSSR count). The van der Waals surface area contributed by atoms with Gasteiger partial charge in [0.1, 0.15) is 7.14 Å². The molecular formula is C21H23O3PY3. The van der Waals surface area contributed by atoms with E-state index in [1.165, 1.54) is 0 Å². The first-order chi connectivity index (χ1) is 12.0. The summed E-state index contributed by atoms with van der Waals surface area (Å²) in [6.07, 6.45) is 1.73. The maximum absolute atomic E-state index is 13.9. The normalized spacial score (nSPS) is 18.9. The van der Waals surface area contributed by atoms with Gasteiger partial charge in [0.25, 0.3) is 0 Å². The van der Waals surface area contributed by atoms with Crippen LogP contribution in [0.4, 0.5) is 0 Å². The molecule has 2 N–H and O–H groups in total. The third-order valence-electron chi connectivity index (χ3n) is 4.75. The number of rotatable bonds is 4. The van der Waals surface area contributed by atoms with Gasteiger partial charge >= 0.3 is 0 Å². The smallest absolute Gasteiger partial charge is 0.146 e. The minimum atomic E-state index is -2.81. The van der Waals surface area contributed by atoms with Crippen molar-refractivity contribution in [1.29, 1.82) is 0 Å². The zero-order chi connectivity index (χ0) is 17.9. The van der Waals surface area contributed by atoms with Crippen LogP contribution in [0, 0.1) is 0 Å². The first kappa shape index (κ1) is 29.4. The van der Waals surface area contributed by atoms with Gasteiger partial charge in [-0.15, -0.1) is 0 Å². The maximum atomic E-state index is 13.9. The quantitative estimate of drug-likeness (QED) is 0.408. The van der Waals surface area contributed by atoms with Crippen molar-refractivity contribution in [3.63, 3.8) is 0 Å². The van der Waals surface area contributed by atoms with Crippen molar-refractivity contribution in [3.05, 3.63) is 84.5 Å². The standard InChI is InChI=1S/C21H23O3P.3Y/c1-16-20(22)14-17(15-21(16)23)12-13-25(24,18-8-4-2-5-9-18)19-10-6-3-7-11-19;;;/h2-12,20-23H,1,13-15H2;;;/t20-,21-;;;/m1.../s1. The van der Waals surface area contributed by atoms with Crippen LogP contribution in [0.1, 0.15) is 12.8 Å². The Morgan fingerprint density at radius 2 is 1.25 bits per heavy atom. The van der Waals surface area contributed by atoms with E-state index < -0.39 is 19.3 Å². The molecule has 0 saturated heterocycles. The Balaban J connectivity index is 0.00000243. The van der Waals surface area contributed by atoms with E-state index in [2.05, 4.69) is 6.58 Å². The van der Waals surface area contributed by atoms with E-state index in [1.54, 1.807) is 0 Å². The molecule has 1 saturated carbocycles. The van der Waals surface area contributed by atoms with Gasteiger partial charge in [-0.3, -0.25) is 0 Å². The van der Waals surface area contributed by atoms with Crippen molar-refractivity contribution in [2.24, 2.45) is 0 Å². The third kappa shape index (κ3) is 7.22. The monoisotopic (exact) mass is 621 g/mol. The van der Waals surface area contributed by atoms with E-state index in [9.17, 15) is 14.8 Å². The SMILES string of the molecule is C=C1[C@H](O)CC(=CCP(=O)(c2ccccc2)c2ccccc2)C[C@H]1O.[Y].[Y].[Y]. The molecule has 3 radical (unpaired) electrons. The van der Waals surface area contributed by atoms with Crippen molar-refractivity contribution < 1.29 is 113 Å². The molecule has 0 amide bonds. The van der Waals surface area contributed by atoms with Crippen LogP contribution in [0.2, 0.25) is 0 Å². The van der Waals surface area contributed by atoms with Crippen LogP contribution < -0.4 is 10.6 Å². The molecule has 2 aromatic rings. The zero-order valence-electron chi connectivity index (χ0n) is 15.8. The molecule has 0 aliphatic heterocycles. The summed E-state index contributed by atoms with van der Waals surface area (Å²) in [7, 11) is -2.81. The summed E-state index contributed by atoms with van der Waals surface area (Å²) >= 11 is 0. The first-order valence-electron chi connectivity index (χ1n) is 8.44. The van der Waals surface area contributed by atoms with Crippen LogP contribution in [-0.4, -0.2) is 28.6 Å². The molecule has 0 heterocycles. The average molecular weight is 621 g/mol. The number of aliphatic hydroxyl groups excluding tert-OH is 2. The predicted molar refractivity (Wildman–Crippen MR) is 103 cm³/mol. The van der Waals surface area contributed by atoms with Gasteiger partial charge in [-0.25, -0.2) is 0 Å². The number of hydrogen-bond donors (Lipinski definition) is 2. The average Bonchev–Trinajstić information content (AvgIpc) is 2.65. The Kier molecular flexibility index (Phi) is 14.4. The second-order valence-electron chi connectivity index (χ2n) is 6.47. The minimum Gasteiger partial charge on any atom is -0.388 e. The van der Waals surface area contributed by atoms with Crippen LogP contribution in [0.5, 0.6) is 0 Å². The fraction of sp³-hybridized carbons (Fsp3) is 0.238. The summed E-state index contributed by atoms with van der Waals surface area (Å²) < 4.78 is 13.9. The van der Waals surface area contributed by atoms with Crippen LogP contribution in [0.25, 0.3) is 0 Å². The van der Waals surface area contributed by atoms with Crippen LogP contribution in [0.15, 0.2) is 84.5 Å². The molecule has 1 aliphatic rings. The molecule has 2 aromatic carbocycles. The van der Waals surface area contributed by atoms with E-state index in [4.69, 9.17) is 0 Å². The van der Waals surface area contributed by atoms with Gasteiger partial charge < -0.3 is 14.8 Å². The molecule has 0 aromatic heterocycles. The predicted octanol–water partition coefficient (Wildman–Crippen LogP) is 2.99. The molecule has 7 heteroatoms. The van der Waals surface area contributed by atoms with E-state index in [0.717, 1.165) is 16.2 Å². The second kappa shape index (κ2) is 13.7. The van der Waals surface area contributed by atoms with Gasteiger partial charge in [-0.05, 0) is 18.4 Å². The van der Waals surface area contributed by atoms with Gasteiger partial charge in [0, 0.05) is 115 Å². The molecule has 1 fully saturated rings. The topological polar surface area (TPSA) is 57.5 Å². The Hall–Kier alpha value is 1.38. The molecular weight excluding hydrogens is 598 g/mol. The number of aliphatic hydroxyl groups is 2. The van der Waals surface area contributed by atoms with Crippen LogP contribution in [0.3, 0.4) is 0 Å². The summed E-state index contributed by atoms with van der Waals surface area (Å²) in [4.78, 5) is 0. The molecule has 0 unspecified atom stereocenters. The van der Waals surface area contributed by atoms with Crippen molar-refractivity contribution in [2.75, 3.05) is 6.16 Å². The van der Waals surface area contributed by atoms with E-state index in [-0.39, 0.29) is 98.1 Å². The van der Waals surface area contributed by atoms with Crippen molar-refractivity contribution in [1.82, 2.24) is 0 Å². The maximum Gasteiger partial charge on any atom is 0.146 e. The Labute approximate surface area is 242 Å². The summed E-state index contributed by atoms with van der Waals surface area (Å²) in [5.41, 5.74) is 1.39. The number of hydrogen-bond acceptors (Lipinski definition) is 3. The van der Waals surface area contributed by atoms with Crippen molar-refractivity contribution >= 4 is 17.8 Å². The van der Waals surface area contributed by atoms with Gasteiger partial charge in [-0.1, -0.05) is 78.9 Å². The number of benzene rings is 2. The molecule has 3 nitrogen and oxygen atoms in total. The Bertz CT molecular complexity index is 766. The fourth-order valence-electron chi connectivity index (χ4n) is 3.19. The first-order valence-corrected chi connectivity index (χ1v) is 10.3. The van der Waals surface area contributed by atoms with Gasteiger partial charge in [0.15, 0.2) is 0 Å². The molecule has 0 spiro atoms. The van der Waals surface area contributed by atoms with Gasteiger partial charge in [0.2, 0.25) is 0 Å². The second-order valence-corrected chi connectivity index (χ2v) is 9.35. The Morgan fingerprint density at radius 1 is 0.857 bits per heavy atom. The summed E-state index contributed by atoms with van der Waals surface area (Å²) in [6, 6.07) is 19.0. The van der Waals surface area contributed by atoms with Crippen LogP contribution in [-0.2, 0) is 103 Å². The van der Waals surface area contributed by atoms with Crippen LogP contribution >= 0.6 is 7.14 Å². The largest absolute Gasteiger partial charge is 0.388 e. The Morgan fingerprint density at radius 3 is 1.64 bits per heavy atom. The molecule has 2 atom stereocenters. The van der Waals surface area contributed by atoms with E-state index >= 15 is 0 Å². The summed E-state index contributed by atoms with van der Waals surface area (Å²) in [5.74, 6) is 0. The zero-order valence-corrected chi connectivity index (χ0v) is 25.2. The van der Waals surface area contributed by atoms with E-state index in [1.807, 2.05) is 66.7 Å². The molecule has 28 heavy (non-hydrogen) atoms. The molecule has 1 aliphatic carbocycles. The van der Waals surface area contributed by atoms with Gasteiger partial charge in [0.05, 0.1) is 12.2 Å². The van der Waals surface area contributed by atoms with Crippen molar-refractivity contribution in [2.45, 2.75) is 25.0 Å². The number of allylic oxidation sites excluding steroid dienone is 1. The third-order valence-corrected chi connectivity index (χ3v) is 7.71. The molecule has 0 bridgehead atoms. The van der Waals surface area contributed by atoms with Crippen molar-refractivity contribution in [3.8, 4) is 0 Å². The summed E-state index contributed by atoms with van der Waals surface area (Å²) in [5, 5.41) is 21.7. The van der Waals surface area contributed by atoms with E-state index in [0.29, 0.717) is 24.6 Å². The van der Waals surface area contributed by atoms with Gasteiger partial charge in [-0.2, -0.15) is 0 Å². The molecule has 139 valence electrons. The fourth-order valence-corrected chi connectivity index (χ4v) is 5.73.